The molecule has 0 aliphatic heterocycles. The van der Waals surface area contributed by atoms with Gasteiger partial charge in [0.05, 0.1) is 23.0 Å². The van der Waals surface area contributed by atoms with E-state index in [1.165, 1.54) is 26.9 Å². The summed E-state index contributed by atoms with van der Waals surface area (Å²) in [6.07, 6.45) is 5.58. The van der Waals surface area contributed by atoms with Crippen LogP contribution in [0.2, 0.25) is 0 Å². The van der Waals surface area contributed by atoms with Gasteiger partial charge in [-0.2, -0.15) is 5.26 Å². The van der Waals surface area contributed by atoms with Crippen LogP contribution in [0.5, 0.6) is 0 Å². The molecule has 0 fully saturated rings. The van der Waals surface area contributed by atoms with Crippen LogP contribution in [0, 0.1) is 11.3 Å². The van der Waals surface area contributed by atoms with Gasteiger partial charge < -0.3 is 0 Å². The second-order valence-corrected chi connectivity index (χ2v) is 14.0. The molecule has 0 aliphatic carbocycles. The highest BCUT2D eigenvalue weighted by Crippen LogP contribution is 2.37. The molecule has 8 aromatic carbocycles. The van der Waals surface area contributed by atoms with Crippen LogP contribution in [0.1, 0.15) is 18.1 Å². The van der Waals surface area contributed by atoms with E-state index in [9.17, 15) is 5.26 Å². The molecule has 1 aromatic heterocycles. The summed E-state index contributed by atoms with van der Waals surface area (Å²) < 4.78 is 0. The van der Waals surface area contributed by atoms with Crippen molar-refractivity contribution in [1.29, 1.82) is 5.26 Å². The fourth-order valence-electron chi connectivity index (χ4n) is 7.79. The number of hydrogen-bond donors (Lipinski definition) is 0. The molecular formula is C53H36N4. The quantitative estimate of drug-likeness (QED) is 0.126. The van der Waals surface area contributed by atoms with E-state index < -0.39 is 0 Å². The maximum atomic E-state index is 9.52. The van der Waals surface area contributed by atoms with Gasteiger partial charge in [-0.05, 0) is 109 Å². The van der Waals surface area contributed by atoms with Crippen molar-refractivity contribution in [3.05, 3.63) is 199 Å². The Bertz CT molecular complexity index is 3130. The van der Waals surface area contributed by atoms with E-state index in [4.69, 9.17) is 9.97 Å². The summed E-state index contributed by atoms with van der Waals surface area (Å²) in [6, 6.07) is 61.8. The van der Waals surface area contributed by atoms with Gasteiger partial charge in [-0.25, -0.2) is 9.97 Å². The zero-order chi connectivity index (χ0) is 38.7. The number of nitriles is 1. The maximum absolute atomic E-state index is 9.52. The summed E-state index contributed by atoms with van der Waals surface area (Å²) in [5.41, 5.74) is 7.18. The molecule has 0 aliphatic rings. The van der Waals surface area contributed by atoms with Gasteiger partial charge in [-0.15, -0.1) is 0 Å². The van der Waals surface area contributed by atoms with E-state index in [-0.39, 0.29) is 0 Å². The van der Waals surface area contributed by atoms with Crippen molar-refractivity contribution >= 4 is 66.2 Å². The first-order valence-corrected chi connectivity index (χ1v) is 18.9. The van der Waals surface area contributed by atoms with E-state index >= 15 is 0 Å². The second kappa shape index (κ2) is 15.2. The minimum atomic E-state index is 0.600. The average Bonchev–Trinajstić information content (AvgIpc) is 3.28. The predicted molar refractivity (Wildman–Crippen MR) is 241 cm³/mol. The van der Waals surface area contributed by atoms with Gasteiger partial charge in [0.25, 0.3) is 0 Å². The molecule has 0 atom stereocenters. The first-order chi connectivity index (χ1) is 28.1. The molecule has 0 unspecified atom stereocenters. The Morgan fingerprint density at radius 1 is 0.509 bits per heavy atom. The number of nitrogens with zero attached hydrogens (tertiary/aromatic N) is 4. The van der Waals surface area contributed by atoms with Gasteiger partial charge in [-0.3, -0.25) is 4.99 Å². The summed E-state index contributed by atoms with van der Waals surface area (Å²) in [4.78, 5) is 14.3. The summed E-state index contributed by atoms with van der Waals surface area (Å²) in [6.45, 7) is 5.60. The van der Waals surface area contributed by atoms with Crippen molar-refractivity contribution in [3.8, 4) is 40.0 Å². The Labute approximate surface area is 331 Å². The largest absolute Gasteiger partial charge is 0.273 e. The fourth-order valence-corrected chi connectivity index (χ4v) is 7.79. The Hall–Kier alpha value is -7.74. The summed E-state index contributed by atoms with van der Waals surface area (Å²) in [5.74, 6) is 0.616. The highest BCUT2D eigenvalue weighted by atomic mass is 14.9. The lowest BCUT2D eigenvalue weighted by atomic mass is 9.93. The third-order valence-electron chi connectivity index (χ3n) is 10.6. The standard InChI is InChI=1S/C53H36N4/c1-35(12-11-31-55-2)37-25-27-39(28-26-37)52-33-51(38-23-21-36(34-54)22-24-38)56-53(57-52)40-29-30-49-47-19-8-7-17-45(47)43-15-4-3-13-41(43)42-14-5-6-16-44(42)46-18-9-10-20-48(46)50(49)32-40/h3-33H,2H2,1H3/b31-11-,35-12+,42-41?,45-43?,46-44?,49-47?,50-48?. The fraction of sp³-hybridized carbons (Fsp3) is 0.0189. The molecule has 9 aromatic rings. The van der Waals surface area contributed by atoms with E-state index in [0.717, 1.165) is 66.1 Å². The van der Waals surface area contributed by atoms with E-state index in [0.29, 0.717) is 11.4 Å². The van der Waals surface area contributed by atoms with E-state index in [1.807, 2.05) is 42.5 Å². The van der Waals surface area contributed by atoms with Gasteiger partial charge in [0, 0.05) is 22.9 Å². The molecule has 0 N–H and O–H groups in total. The van der Waals surface area contributed by atoms with Crippen molar-refractivity contribution < 1.29 is 0 Å². The number of aliphatic imine (C=N–C) groups is 1. The molecule has 0 saturated carbocycles. The number of aromatic nitrogens is 2. The molecule has 57 heavy (non-hydrogen) atoms. The lowest BCUT2D eigenvalue weighted by Gasteiger charge is -2.12. The molecule has 1 heterocycles. The zero-order valence-electron chi connectivity index (χ0n) is 31.4. The summed E-state index contributed by atoms with van der Waals surface area (Å²) >= 11 is 0. The average molecular weight is 729 g/mol. The zero-order valence-corrected chi connectivity index (χ0v) is 31.4. The van der Waals surface area contributed by atoms with Gasteiger partial charge in [0.1, 0.15) is 0 Å². The number of rotatable bonds is 6. The van der Waals surface area contributed by atoms with E-state index in [1.54, 1.807) is 6.20 Å². The van der Waals surface area contributed by atoms with Crippen LogP contribution in [0.4, 0.5) is 0 Å². The van der Waals surface area contributed by atoms with Gasteiger partial charge in [0.2, 0.25) is 0 Å². The van der Waals surface area contributed by atoms with Crippen LogP contribution in [-0.2, 0) is 0 Å². The number of allylic oxidation sites excluding steroid dienone is 3. The summed E-state index contributed by atoms with van der Waals surface area (Å²) in [7, 11) is 0. The Morgan fingerprint density at radius 2 is 0.912 bits per heavy atom. The highest BCUT2D eigenvalue weighted by Gasteiger charge is 2.14. The number of fused-ring (bicyclic) bond motifs is 10. The minimum absolute atomic E-state index is 0.600. The normalized spacial score (nSPS) is 11.7. The molecular weight excluding hydrogens is 693 g/mol. The third-order valence-corrected chi connectivity index (χ3v) is 10.6. The van der Waals surface area contributed by atoms with Gasteiger partial charge >= 0.3 is 0 Å². The van der Waals surface area contributed by atoms with E-state index in [2.05, 4.69) is 164 Å². The van der Waals surface area contributed by atoms with Crippen molar-refractivity contribution in [3.63, 3.8) is 0 Å². The topological polar surface area (TPSA) is 61.9 Å². The molecule has 4 heteroatoms. The number of benzene rings is 7. The molecule has 9 rings (SSSR count). The van der Waals surface area contributed by atoms with Crippen LogP contribution in [0.15, 0.2) is 193 Å². The molecule has 0 radical (unpaired) electrons. The van der Waals surface area contributed by atoms with Crippen LogP contribution < -0.4 is 0 Å². The molecule has 0 bridgehead atoms. The van der Waals surface area contributed by atoms with Crippen molar-refractivity contribution in [2.75, 3.05) is 0 Å². The maximum Gasteiger partial charge on any atom is 0.160 e. The smallest absolute Gasteiger partial charge is 0.160 e. The molecule has 0 spiro atoms. The third kappa shape index (κ3) is 6.69. The monoisotopic (exact) mass is 728 g/mol. The predicted octanol–water partition coefficient (Wildman–Crippen LogP) is 13.9. The lowest BCUT2D eigenvalue weighted by Crippen LogP contribution is -1.96. The Morgan fingerprint density at radius 3 is 1.35 bits per heavy atom. The van der Waals surface area contributed by atoms with Crippen LogP contribution in [-0.4, -0.2) is 16.7 Å². The first-order valence-electron chi connectivity index (χ1n) is 18.9. The molecule has 4 nitrogen and oxygen atoms in total. The molecule has 268 valence electrons. The molecule has 0 saturated heterocycles. The van der Waals surface area contributed by atoms with Crippen molar-refractivity contribution in [2.24, 2.45) is 4.99 Å². The Balaban J connectivity index is 1.34. The van der Waals surface area contributed by atoms with Crippen molar-refractivity contribution in [2.45, 2.75) is 6.92 Å². The Kier molecular flexibility index (Phi) is 9.32. The highest BCUT2D eigenvalue weighted by molar-refractivity contribution is 6.26. The summed E-state index contributed by atoms with van der Waals surface area (Å²) in [5, 5.41) is 21.2. The minimum Gasteiger partial charge on any atom is -0.273 e. The van der Waals surface area contributed by atoms with Gasteiger partial charge in [-0.1, -0.05) is 152 Å². The lowest BCUT2D eigenvalue weighted by molar-refractivity contribution is 1.18. The number of hydrogen-bond acceptors (Lipinski definition) is 4. The van der Waals surface area contributed by atoms with Crippen LogP contribution >= 0.6 is 0 Å². The van der Waals surface area contributed by atoms with Crippen molar-refractivity contribution in [1.82, 2.24) is 9.97 Å². The van der Waals surface area contributed by atoms with Gasteiger partial charge in [0.15, 0.2) is 5.82 Å². The second-order valence-electron chi connectivity index (χ2n) is 14.0. The SMILES string of the molecule is C=N/C=C\C=C(/C)c1ccc(-c2cc(-c3ccc(C#N)cc3)nc(-c3ccc4c5ccccc5c5ccccc5c5ccccc5c5ccccc5c4c3)n2)cc1. The van der Waals surface area contributed by atoms with Crippen LogP contribution in [0.3, 0.4) is 0 Å². The molecule has 0 amide bonds. The first kappa shape index (κ1) is 35.0. The van der Waals surface area contributed by atoms with Crippen LogP contribution in [0.25, 0.3) is 93.3 Å².